The van der Waals surface area contributed by atoms with Gasteiger partial charge in [-0.3, -0.25) is 9.11 Å². The standard InChI is InChI=1S/C50H43N9O9S2.2O3S/c1-28-20-40(29(2)19-39(28)53-52-38-18-15-33-23-35(16-17-36(33)50(38)60)51-34-12-8-7-9-13-34)54-57-43-21-30(3)41(26-46(43)67-5)55-58-44-22-31(4)42(27-47(44)68-6)56-59-45-25-37-32(24-49(45)70(64,65)66)11-10-14-48(37)69(61,62)63;2*1-4(2)3/h7-27,51,60H,1-6H3,(H,61,62,63)(H,64,65,66);;. The maximum absolute atomic E-state index is 12.3. The molecule has 0 saturated carbocycles. The Morgan fingerprint density at radius 3 is 1.31 bits per heavy atom. The topological polar surface area (TPSA) is 361 Å². The monoisotopic (exact) mass is 1140 g/mol. The minimum absolute atomic E-state index is 0.0266. The number of phenolic OH excluding ortho intramolecular Hbond substituents is 1. The lowest BCUT2D eigenvalue weighted by Gasteiger charge is -2.10. The van der Waals surface area contributed by atoms with Gasteiger partial charge in [-0.1, -0.05) is 36.4 Å². The summed E-state index contributed by atoms with van der Waals surface area (Å²) in [6.07, 6.45) is 0. The zero-order valence-corrected chi connectivity index (χ0v) is 44.8. The number of azo groups is 4. The number of methoxy groups -OCH3 is 2. The summed E-state index contributed by atoms with van der Waals surface area (Å²) in [7, 11) is -12.9. The molecule has 0 aliphatic carbocycles. The lowest BCUT2D eigenvalue weighted by Crippen LogP contribution is -2.01. The molecule has 402 valence electrons. The summed E-state index contributed by atoms with van der Waals surface area (Å²) < 4.78 is 130. The minimum atomic E-state index is -4.85. The number of ether oxygens (including phenoxy) is 2. The Bertz CT molecular complexity index is 4200. The van der Waals surface area contributed by atoms with Gasteiger partial charge in [-0.15, -0.1) is 45.7 Å². The Morgan fingerprint density at radius 1 is 0.410 bits per heavy atom. The number of phenols is 1. The highest BCUT2D eigenvalue weighted by atomic mass is 32.2. The summed E-state index contributed by atoms with van der Waals surface area (Å²) in [5, 5.41) is 51.1. The lowest BCUT2D eigenvalue weighted by molar-refractivity contribution is 0.415. The van der Waals surface area contributed by atoms with Gasteiger partial charge in [0.2, 0.25) is 0 Å². The third-order valence-electron chi connectivity index (χ3n) is 11.1. The van der Waals surface area contributed by atoms with E-state index in [1.165, 1.54) is 32.4 Å². The van der Waals surface area contributed by atoms with Crippen molar-refractivity contribution in [2.24, 2.45) is 40.9 Å². The van der Waals surface area contributed by atoms with Crippen molar-refractivity contribution in [3.05, 3.63) is 150 Å². The molecule has 0 spiro atoms. The van der Waals surface area contributed by atoms with Gasteiger partial charge in [0.05, 0.1) is 37.0 Å². The van der Waals surface area contributed by atoms with Crippen molar-refractivity contribution in [1.82, 2.24) is 0 Å². The fourth-order valence-electron chi connectivity index (χ4n) is 7.38. The number of benzene rings is 8. The van der Waals surface area contributed by atoms with E-state index in [4.69, 9.17) is 34.7 Å². The predicted octanol–water partition coefficient (Wildman–Crippen LogP) is 12.8. The normalized spacial score (nSPS) is 11.7. The molecular weight excluding hydrogens is 1090 g/mol. The minimum Gasteiger partial charge on any atom is -0.505 e. The first-order valence-electron chi connectivity index (χ1n) is 22.1. The summed E-state index contributed by atoms with van der Waals surface area (Å²) in [5.41, 5.74) is 7.23. The van der Waals surface area contributed by atoms with Gasteiger partial charge >= 0.3 is 21.2 Å². The highest BCUT2D eigenvalue weighted by Crippen LogP contribution is 2.42. The molecule has 0 bridgehead atoms. The molecule has 78 heavy (non-hydrogen) atoms. The highest BCUT2D eigenvalue weighted by molar-refractivity contribution is 7.86. The van der Waals surface area contributed by atoms with Crippen molar-refractivity contribution < 1.29 is 65.8 Å². The Kier molecular flexibility index (Phi) is 18.8. The summed E-state index contributed by atoms with van der Waals surface area (Å²) >= 11 is 0. The van der Waals surface area contributed by atoms with Crippen molar-refractivity contribution in [3.8, 4) is 17.2 Å². The zero-order valence-electron chi connectivity index (χ0n) is 41.6. The van der Waals surface area contributed by atoms with Gasteiger partial charge in [0, 0.05) is 34.3 Å². The van der Waals surface area contributed by atoms with Gasteiger partial charge in [0.25, 0.3) is 20.2 Å². The maximum atomic E-state index is 12.3. The number of anilines is 2. The van der Waals surface area contributed by atoms with E-state index in [1.807, 2.05) is 87.5 Å². The molecule has 8 aromatic carbocycles. The van der Waals surface area contributed by atoms with Crippen LogP contribution in [-0.4, -0.2) is 70.5 Å². The van der Waals surface area contributed by atoms with Crippen molar-refractivity contribution in [3.63, 3.8) is 0 Å². The van der Waals surface area contributed by atoms with Crippen molar-refractivity contribution >= 4 is 120 Å². The van der Waals surface area contributed by atoms with E-state index in [0.717, 1.165) is 46.1 Å². The molecule has 8 aromatic rings. The number of aromatic hydroxyl groups is 1. The SMILES string of the molecule is COc1cc(N=Nc2cc(C)c(N=Nc3cc4c(S(=O)(=O)O)cccc4cc3S(=O)(=O)O)cc2OC)c(C)cc1N=Nc1cc(C)c(N=Nc2ccc3cc(Nc4ccccc4)ccc3c2O)cc1C.O=S(=O)=O.O=S(=O)=O. The quantitative estimate of drug-likeness (QED) is 0.0580. The molecule has 0 aliphatic rings. The van der Waals surface area contributed by atoms with Gasteiger partial charge in [-0.25, -0.2) is 0 Å². The number of hydrogen-bond acceptors (Lipinski definition) is 22. The van der Waals surface area contributed by atoms with Crippen LogP contribution in [0.4, 0.5) is 56.9 Å². The van der Waals surface area contributed by atoms with Crippen LogP contribution in [0.15, 0.2) is 178 Å². The van der Waals surface area contributed by atoms with Crippen molar-refractivity contribution in [2.45, 2.75) is 37.5 Å². The zero-order chi connectivity index (χ0) is 57.1. The molecule has 0 atom stereocenters. The van der Waals surface area contributed by atoms with Gasteiger partial charge in [-0.05, 0) is 140 Å². The van der Waals surface area contributed by atoms with E-state index in [9.17, 15) is 31.0 Å². The second kappa shape index (κ2) is 25.2. The summed E-state index contributed by atoms with van der Waals surface area (Å²) in [4.78, 5) is -1.11. The molecule has 28 heteroatoms. The summed E-state index contributed by atoms with van der Waals surface area (Å²) in [6, 6.07) is 35.4. The molecule has 8 rings (SSSR count). The number of para-hydroxylation sites is 1. The van der Waals surface area contributed by atoms with Gasteiger partial charge < -0.3 is 19.9 Å². The van der Waals surface area contributed by atoms with E-state index in [1.54, 1.807) is 31.2 Å². The fraction of sp³-hybridized carbons (Fsp3) is 0.120. The molecule has 0 amide bonds. The molecule has 4 N–H and O–H groups in total. The van der Waals surface area contributed by atoms with Crippen LogP contribution < -0.4 is 14.8 Å². The van der Waals surface area contributed by atoms with Crippen LogP contribution in [0.25, 0.3) is 21.5 Å². The van der Waals surface area contributed by atoms with Crippen molar-refractivity contribution in [1.29, 1.82) is 0 Å². The largest absolute Gasteiger partial charge is 0.505 e. The van der Waals surface area contributed by atoms with Crippen LogP contribution in [0.1, 0.15) is 22.3 Å². The molecule has 0 fully saturated rings. The number of nitrogens with zero attached hydrogens (tertiary/aromatic N) is 8. The molecule has 0 unspecified atom stereocenters. The Hall–Kier alpha value is -9.06. The molecule has 0 aliphatic heterocycles. The lowest BCUT2D eigenvalue weighted by atomic mass is 10.1. The number of nitrogens with one attached hydrogen (secondary N) is 1. The van der Waals surface area contributed by atoms with Crippen LogP contribution in [0.5, 0.6) is 17.2 Å². The molecule has 24 nitrogen and oxygen atoms in total. The smallest absolute Gasteiger partial charge is 0.425 e. The van der Waals surface area contributed by atoms with Gasteiger partial charge in [0.15, 0.2) is 5.75 Å². The third kappa shape index (κ3) is 15.1. The molecule has 0 aromatic heterocycles. The van der Waals surface area contributed by atoms with E-state index >= 15 is 0 Å². The Balaban J connectivity index is 0.00000115. The average Bonchev–Trinajstić information content (AvgIpc) is 3.38. The summed E-state index contributed by atoms with van der Waals surface area (Å²) in [6.45, 7) is 7.29. The highest BCUT2D eigenvalue weighted by Gasteiger charge is 2.22. The number of fused-ring (bicyclic) bond motifs is 2. The van der Waals surface area contributed by atoms with E-state index < -0.39 is 51.2 Å². The predicted molar refractivity (Wildman–Crippen MR) is 286 cm³/mol. The Morgan fingerprint density at radius 2 is 0.833 bits per heavy atom. The number of rotatable bonds is 14. The molecule has 0 radical (unpaired) electrons. The van der Waals surface area contributed by atoms with Gasteiger partial charge in [-0.2, -0.15) is 37.3 Å². The first-order chi connectivity index (χ1) is 36.9. The van der Waals surface area contributed by atoms with Crippen LogP contribution >= 0.6 is 0 Å². The van der Waals surface area contributed by atoms with Gasteiger partial charge in [0.1, 0.15) is 44.0 Å². The second-order valence-electron chi connectivity index (χ2n) is 16.4. The number of aryl methyl sites for hydroxylation is 4. The average molecular weight is 1140 g/mol. The second-order valence-corrected chi connectivity index (χ2v) is 20.0. The van der Waals surface area contributed by atoms with Crippen LogP contribution in [0.3, 0.4) is 0 Å². The van der Waals surface area contributed by atoms with E-state index in [2.05, 4.69) is 46.2 Å². The van der Waals surface area contributed by atoms with Crippen molar-refractivity contribution in [2.75, 3.05) is 19.5 Å². The molecular formula is C50H43N9O15S4. The van der Waals surface area contributed by atoms with E-state index in [-0.39, 0.29) is 33.6 Å². The Labute approximate surface area is 448 Å². The van der Waals surface area contributed by atoms with Crippen LogP contribution in [-0.2, 0) is 41.5 Å². The first kappa shape index (κ1) is 58.2. The summed E-state index contributed by atoms with van der Waals surface area (Å²) in [5.74, 6) is 0.637. The molecule has 0 heterocycles. The third-order valence-corrected chi connectivity index (χ3v) is 12.9. The fourth-order valence-corrected chi connectivity index (χ4v) is 8.72. The van der Waals surface area contributed by atoms with Crippen LogP contribution in [0.2, 0.25) is 0 Å². The number of hydrogen-bond donors (Lipinski definition) is 4. The van der Waals surface area contributed by atoms with E-state index in [0.29, 0.717) is 56.4 Å². The first-order valence-corrected chi connectivity index (χ1v) is 27.0. The molecule has 0 saturated heterocycles. The maximum Gasteiger partial charge on any atom is 0.425 e. The van der Waals surface area contributed by atoms with Crippen LogP contribution in [0, 0.1) is 27.7 Å².